The van der Waals surface area contributed by atoms with Crippen molar-refractivity contribution >= 4 is 22.5 Å². The van der Waals surface area contributed by atoms with E-state index in [0.29, 0.717) is 0 Å². The van der Waals surface area contributed by atoms with Crippen LogP contribution in [0.3, 0.4) is 0 Å². The van der Waals surface area contributed by atoms with Crippen LogP contribution in [0.25, 0.3) is 10.8 Å². The zero-order valence-electron chi connectivity index (χ0n) is 9.73. The van der Waals surface area contributed by atoms with E-state index in [4.69, 9.17) is 0 Å². The number of aryl methyl sites for hydroxylation is 1. The van der Waals surface area contributed by atoms with Crippen LogP contribution in [0.2, 0.25) is 0 Å². The van der Waals surface area contributed by atoms with Gasteiger partial charge in [0.25, 0.3) is 0 Å². The zero-order chi connectivity index (χ0) is 12.2. The van der Waals surface area contributed by atoms with Gasteiger partial charge in [0.15, 0.2) is 0 Å². The average molecular weight is 256 g/mol. The van der Waals surface area contributed by atoms with Crippen LogP contribution in [-0.4, -0.2) is 25.7 Å². The Bertz CT molecular complexity index is 631. The minimum absolute atomic E-state index is 0.878. The molecule has 0 unspecified atom stereocenters. The standard InChI is InChI=1S/C13H12N4S/c1-2-5-12-11(4-1)10-14-16-13(12)18-9-8-17-7-3-6-15-17/h1-7,10H,8-9H2. The molecule has 3 rings (SSSR count). The maximum absolute atomic E-state index is 4.21. The van der Waals surface area contributed by atoms with Crippen molar-refractivity contribution in [2.45, 2.75) is 11.6 Å². The first-order chi connectivity index (χ1) is 8.93. The summed E-state index contributed by atoms with van der Waals surface area (Å²) in [5.74, 6) is 0.935. The van der Waals surface area contributed by atoms with Crippen molar-refractivity contribution in [3.8, 4) is 0 Å². The first-order valence-electron chi connectivity index (χ1n) is 5.74. The molecule has 18 heavy (non-hydrogen) atoms. The summed E-state index contributed by atoms with van der Waals surface area (Å²) in [6.07, 6.45) is 5.56. The van der Waals surface area contributed by atoms with E-state index in [2.05, 4.69) is 27.4 Å². The fourth-order valence-electron chi connectivity index (χ4n) is 1.78. The molecule has 0 aliphatic heterocycles. The number of benzene rings is 1. The SMILES string of the molecule is c1ccc2c(SCCn3cccn3)nncc2c1. The lowest BCUT2D eigenvalue weighted by molar-refractivity contribution is 0.666. The molecule has 0 amide bonds. The van der Waals surface area contributed by atoms with Gasteiger partial charge in [0.1, 0.15) is 5.03 Å². The van der Waals surface area contributed by atoms with Gasteiger partial charge in [-0.25, -0.2) is 0 Å². The van der Waals surface area contributed by atoms with E-state index < -0.39 is 0 Å². The first-order valence-corrected chi connectivity index (χ1v) is 6.73. The fourth-order valence-corrected chi connectivity index (χ4v) is 2.69. The van der Waals surface area contributed by atoms with Gasteiger partial charge in [0.2, 0.25) is 0 Å². The van der Waals surface area contributed by atoms with Crippen LogP contribution >= 0.6 is 11.8 Å². The lowest BCUT2D eigenvalue weighted by atomic mass is 10.2. The van der Waals surface area contributed by atoms with Crippen LogP contribution < -0.4 is 0 Å². The van der Waals surface area contributed by atoms with E-state index in [0.717, 1.165) is 28.1 Å². The second kappa shape index (κ2) is 5.18. The highest BCUT2D eigenvalue weighted by Crippen LogP contribution is 2.24. The van der Waals surface area contributed by atoms with E-state index in [9.17, 15) is 0 Å². The molecule has 0 fully saturated rings. The van der Waals surface area contributed by atoms with E-state index in [1.807, 2.05) is 29.1 Å². The Labute approximate surface area is 109 Å². The highest BCUT2D eigenvalue weighted by molar-refractivity contribution is 7.99. The van der Waals surface area contributed by atoms with E-state index in [-0.39, 0.29) is 0 Å². The van der Waals surface area contributed by atoms with Crippen molar-refractivity contribution in [1.29, 1.82) is 0 Å². The molecule has 1 aromatic carbocycles. The molecule has 0 N–H and O–H groups in total. The van der Waals surface area contributed by atoms with Gasteiger partial charge >= 0.3 is 0 Å². The molecule has 0 spiro atoms. The molecule has 0 saturated carbocycles. The minimum atomic E-state index is 0.878. The molecule has 0 bridgehead atoms. The number of rotatable bonds is 4. The monoisotopic (exact) mass is 256 g/mol. The summed E-state index contributed by atoms with van der Waals surface area (Å²) in [5.41, 5.74) is 0. The van der Waals surface area contributed by atoms with Gasteiger partial charge in [-0.3, -0.25) is 4.68 Å². The Morgan fingerprint density at radius 1 is 1.17 bits per heavy atom. The quantitative estimate of drug-likeness (QED) is 0.673. The maximum atomic E-state index is 4.21. The fraction of sp³-hybridized carbons (Fsp3) is 0.154. The van der Waals surface area contributed by atoms with Gasteiger partial charge in [-0.15, -0.1) is 16.9 Å². The molecule has 0 aliphatic carbocycles. The number of nitrogens with zero attached hydrogens (tertiary/aromatic N) is 4. The van der Waals surface area contributed by atoms with Crippen LogP contribution in [0.15, 0.2) is 53.9 Å². The van der Waals surface area contributed by atoms with Crippen LogP contribution in [0.5, 0.6) is 0 Å². The van der Waals surface area contributed by atoms with E-state index in [1.54, 1.807) is 24.2 Å². The summed E-state index contributed by atoms with van der Waals surface area (Å²) in [7, 11) is 0. The summed E-state index contributed by atoms with van der Waals surface area (Å²) in [6.45, 7) is 0.878. The van der Waals surface area contributed by atoms with Crippen molar-refractivity contribution in [2.24, 2.45) is 0 Å². The van der Waals surface area contributed by atoms with Crippen molar-refractivity contribution < 1.29 is 0 Å². The predicted octanol–water partition coefficient (Wildman–Crippen LogP) is 2.62. The first kappa shape index (κ1) is 11.2. The Hall–Kier alpha value is -1.88. The topological polar surface area (TPSA) is 43.6 Å². The van der Waals surface area contributed by atoms with Crippen molar-refractivity contribution in [3.63, 3.8) is 0 Å². The normalized spacial score (nSPS) is 10.9. The molecule has 2 heterocycles. The van der Waals surface area contributed by atoms with Crippen molar-refractivity contribution in [2.75, 3.05) is 5.75 Å². The summed E-state index contributed by atoms with van der Waals surface area (Å²) in [4.78, 5) is 0. The molecule has 5 heteroatoms. The van der Waals surface area contributed by atoms with Gasteiger partial charge in [0.05, 0.1) is 12.7 Å². The average Bonchev–Trinajstić information content (AvgIpc) is 2.92. The molecule has 2 aromatic heterocycles. The molecule has 0 atom stereocenters. The van der Waals surface area contributed by atoms with Crippen LogP contribution in [0, 0.1) is 0 Å². The second-order valence-electron chi connectivity index (χ2n) is 3.85. The zero-order valence-corrected chi connectivity index (χ0v) is 10.5. The smallest absolute Gasteiger partial charge is 0.127 e. The third-order valence-electron chi connectivity index (χ3n) is 2.65. The molecule has 0 radical (unpaired) electrons. The number of aromatic nitrogens is 4. The highest BCUT2D eigenvalue weighted by atomic mass is 32.2. The van der Waals surface area contributed by atoms with Gasteiger partial charge in [-0.1, -0.05) is 24.3 Å². The third-order valence-corrected chi connectivity index (χ3v) is 3.62. The minimum Gasteiger partial charge on any atom is -0.272 e. The lowest BCUT2D eigenvalue weighted by Gasteiger charge is -2.04. The van der Waals surface area contributed by atoms with Gasteiger partial charge in [0, 0.05) is 28.9 Å². The molecule has 90 valence electrons. The molecular formula is C13H12N4S. The summed E-state index contributed by atoms with van der Waals surface area (Å²) < 4.78 is 1.92. The van der Waals surface area contributed by atoms with Crippen LogP contribution in [0.4, 0.5) is 0 Å². The summed E-state index contributed by atoms with van der Waals surface area (Å²) >= 11 is 1.71. The molecular weight excluding hydrogens is 244 g/mol. The van der Waals surface area contributed by atoms with E-state index in [1.165, 1.54) is 0 Å². The predicted molar refractivity (Wildman–Crippen MR) is 72.5 cm³/mol. The molecule has 0 saturated heterocycles. The highest BCUT2D eigenvalue weighted by Gasteiger charge is 2.03. The molecule has 0 aliphatic rings. The number of hydrogen-bond donors (Lipinski definition) is 0. The Morgan fingerprint density at radius 3 is 3.00 bits per heavy atom. The maximum Gasteiger partial charge on any atom is 0.127 e. The Balaban J connectivity index is 1.74. The van der Waals surface area contributed by atoms with Crippen LogP contribution in [-0.2, 0) is 6.54 Å². The molecule has 3 aromatic rings. The van der Waals surface area contributed by atoms with E-state index >= 15 is 0 Å². The van der Waals surface area contributed by atoms with Gasteiger partial charge in [-0.05, 0) is 6.07 Å². The van der Waals surface area contributed by atoms with Crippen molar-refractivity contribution in [3.05, 3.63) is 48.9 Å². The van der Waals surface area contributed by atoms with Crippen molar-refractivity contribution in [1.82, 2.24) is 20.0 Å². The largest absolute Gasteiger partial charge is 0.272 e. The Morgan fingerprint density at radius 2 is 2.11 bits per heavy atom. The Kier molecular flexibility index (Phi) is 3.23. The van der Waals surface area contributed by atoms with Gasteiger partial charge in [-0.2, -0.15) is 10.2 Å². The summed E-state index contributed by atoms with van der Waals surface area (Å²) in [6, 6.07) is 10.1. The third kappa shape index (κ3) is 2.36. The number of thioether (sulfide) groups is 1. The second-order valence-corrected chi connectivity index (χ2v) is 4.94. The van der Waals surface area contributed by atoms with Crippen LogP contribution in [0.1, 0.15) is 0 Å². The van der Waals surface area contributed by atoms with Gasteiger partial charge < -0.3 is 0 Å². The lowest BCUT2D eigenvalue weighted by Crippen LogP contribution is -2.00. The molecule has 4 nitrogen and oxygen atoms in total. The number of hydrogen-bond acceptors (Lipinski definition) is 4. The number of fused-ring (bicyclic) bond motifs is 1. The summed E-state index contributed by atoms with van der Waals surface area (Å²) in [5, 5.41) is 15.7.